The van der Waals surface area contributed by atoms with Gasteiger partial charge in [-0.2, -0.15) is 0 Å². The minimum Gasteiger partial charge on any atom is -0.379 e. The van der Waals surface area contributed by atoms with Crippen molar-refractivity contribution in [1.29, 1.82) is 0 Å². The molecule has 3 aliphatic heterocycles. The van der Waals surface area contributed by atoms with Gasteiger partial charge in [-0.25, -0.2) is 4.39 Å². The number of piperazine rings is 1. The number of benzene rings is 1. The summed E-state index contributed by atoms with van der Waals surface area (Å²) in [5.41, 5.74) is 2.09. The van der Waals surface area contributed by atoms with Crippen molar-refractivity contribution in [2.75, 3.05) is 57.4 Å². The summed E-state index contributed by atoms with van der Waals surface area (Å²) in [6.07, 6.45) is 1.81. The normalized spacial score (nSPS) is 24.6. The Bertz CT molecular complexity index is 1230. The predicted molar refractivity (Wildman–Crippen MR) is 161 cm³/mol. The lowest BCUT2D eigenvalue weighted by molar-refractivity contribution is -0.121. The quantitative estimate of drug-likeness (QED) is 0.552. The van der Waals surface area contributed by atoms with Gasteiger partial charge in [0.2, 0.25) is 5.91 Å². The number of carbonyl (C=O) groups is 1. The van der Waals surface area contributed by atoms with E-state index in [0.29, 0.717) is 31.7 Å². The average molecular weight is 599 g/mol. The molecule has 2 fully saturated rings. The summed E-state index contributed by atoms with van der Waals surface area (Å²) in [7, 11) is 0. The van der Waals surface area contributed by atoms with Gasteiger partial charge in [0, 0.05) is 68.5 Å². The lowest BCUT2D eigenvalue weighted by Gasteiger charge is -2.43. The number of nitrogens with zero attached hydrogens (tertiary/aromatic N) is 4. The molecule has 11 heteroatoms. The highest BCUT2D eigenvalue weighted by molar-refractivity contribution is 5.97. The minimum atomic E-state index is -0.321. The predicted octanol–water partition coefficient (Wildman–Crippen LogP) is 2.89. The molecule has 3 aliphatic rings. The number of hydrogen-bond donors (Lipinski definition) is 1. The van der Waals surface area contributed by atoms with Crippen molar-refractivity contribution in [2.24, 2.45) is 0 Å². The first kappa shape index (κ1) is 32.5. The molecule has 222 valence electrons. The molecule has 0 aliphatic carbocycles. The summed E-state index contributed by atoms with van der Waals surface area (Å²) in [4.78, 5) is 33.5. The standard InChI is InChI=1S/C29H40FN5O3.2ClH/c1-20-13-33(24(12-31-20)15-32-9-10-38-18-21(32)2)17-28(37)35-19-29(3,4)25-11-27(36)34(16-26(25)35)14-22-5-7-23(30)8-6-22;;/h5-8,11,16,20-21,24,31H,9-10,12-15,17-19H2,1-4H3;2*1H/t20-,21-,24-;;/m1../s1. The summed E-state index contributed by atoms with van der Waals surface area (Å²) < 4.78 is 20.6. The number of halogens is 3. The van der Waals surface area contributed by atoms with Gasteiger partial charge in [0.1, 0.15) is 5.82 Å². The summed E-state index contributed by atoms with van der Waals surface area (Å²) in [5.74, 6) is -0.255. The van der Waals surface area contributed by atoms with Crippen LogP contribution in [0.3, 0.4) is 0 Å². The maximum Gasteiger partial charge on any atom is 0.251 e. The van der Waals surface area contributed by atoms with Crippen LogP contribution in [0.15, 0.2) is 41.3 Å². The molecule has 0 radical (unpaired) electrons. The van der Waals surface area contributed by atoms with E-state index in [1.165, 1.54) is 12.1 Å². The number of pyridine rings is 1. The second-order valence-electron chi connectivity index (χ2n) is 11.8. The van der Waals surface area contributed by atoms with Gasteiger partial charge in [-0.05, 0) is 37.1 Å². The molecular formula is C29H42Cl2FN5O3. The highest BCUT2D eigenvalue weighted by atomic mass is 35.5. The van der Waals surface area contributed by atoms with Gasteiger partial charge >= 0.3 is 0 Å². The number of carbonyl (C=O) groups excluding carboxylic acids is 1. The molecule has 1 amide bonds. The van der Waals surface area contributed by atoms with Crippen LogP contribution in [-0.2, 0) is 21.5 Å². The van der Waals surface area contributed by atoms with Gasteiger partial charge in [0.25, 0.3) is 5.56 Å². The van der Waals surface area contributed by atoms with Gasteiger partial charge in [0.05, 0.1) is 32.0 Å². The van der Waals surface area contributed by atoms with E-state index in [4.69, 9.17) is 4.74 Å². The summed E-state index contributed by atoms with van der Waals surface area (Å²) in [6.45, 7) is 14.7. The largest absolute Gasteiger partial charge is 0.379 e. The highest BCUT2D eigenvalue weighted by Gasteiger charge is 2.40. The Morgan fingerprint density at radius 2 is 1.88 bits per heavy atom. The molecule has 2 aromatic rings. The van der Waals surface area contributed by atoms with E-state index < -0.39 is 0 Å². The first-order valence-electron chi connectivity index (χ1n) is 13.7. The molecule has 40 heavy (non-hydrogen) atoms. The number of morpholine rings is 1. The second kappa shape index (κ2) is 13.3. The van der Waals surface area contributed by atoms with Gasteiger partial charge in [-0.15, -0.1) is 24.8 Å². The zero-order chi connectivity index (χ0) is 27.0. The lowest BCUT2D eigenvalue weighted by atomic mass is 9.87. The summed E-state index contributed by atoms with van der Waals surface area (Å²) >= 11 is 0. The Hall–Kier alpha value is -2.01. The lowest BCUT2D eigenvalue weighted by Crippen LogP contribution is -2.62. The Balaban J connectivity index is 0.00000220. The van der Waals surface area contributed by atoms with Gasteiger partial charge < -0.3 is 19.5 Å². The van der Waals surface area contributed by atoms with Crippen LogP contribution in [0, 0.1) is 5.82 Å². The molecular weight excluding hydrogens is 556 g/mol. The number of aromatic nitrogens is 1. The Labute approximate surface area is 248 Å². The Morgan fingerprint density at radius 1 is 1.15 bits per heavy atom. The molecule has 0 spiro atoms. The SMILES string of the molecule is C[C@@H]1CN(CC(=O)N2CC(C)(C)c3cc(=O)n(Cc4ccc(F)cc4)cc32)[C@@H](CN2CCOC[C@H]2C)CN1.Cl.Cl. The van der Waals surface area contributed by atoms with Crippen LogP contribution >= 0.6 is 24.8 Å². The molecule has 0 unspecified atom stereocenters. The van der Waals surface area contributed by atoms with Gasteiger partial charge in [-0.3, -0.25) is 19.4 Å². The number of rotatable bonds is 6. The zero-order valence-corrected chi connectivity index (χ0v) is 25.4. The van der Waals surface area contributed by atoms with E-state index in [9.17, 15) is 14.0 Å². The molecule has 0 saturated carbocycles. The van der Waals surface area contributed by atoms with Crippen molar-refractivity contribution in [3.63, 3.8) is 0 Å². The first-order valence-corrected chi connectivity index (χ1v) is 13.7. The third-order valence-corrected chi connectivity index (χ3v) is 8.26. The van der Waals surface area contributed by atoms with Crippen molar-refractivity contribution in [3.05, 3.63) is 63.8 Å². The summed E-state index contributed by atoms with van der Waals surface area (Å²) in [5, 5.41) is 3.59. The maximum atomic E-state index is 13.9. The minimum absolute atomic E-state index is 0. The number of amides is 1. The molecule has 2 saturated heterocycles. The molecule has 1 aromatic carbocycles. The van der Waals surface area contributed by atoms with Crippen LogP contribution in [0.2, 0.25) is 0 Å². The smallest absolute Gasteiger partial charge is 0.251 e. The number of ether oxygens (including phenoxy) is 1. The van der Waals surface area contributed by atoms with E-state index in [1.54, 1.807) is 29.0 Å². The molecule has 3 atom stereocenters. The fraction of sp³-hybridized carbons (Fsp3) is 0.586. The van der Waals surface area contributed by atoms with Crippen LogP contribution in [0.1, 0.15) is 38.8 Å². The molecule has 0 bridgehead atoms. The van der Waals surface area contributed by atoms with E-state index in [0.717, 1.165) is 56.2 Å². The monoisotopic (exact) mass is 597 g/mol. The van der Waals surface area contributed by atoms with Gasteiger partial charge in [-0.1, -0.05) is 26.0 Å². The van der Waals surface area contributed by atoms with Crippen LogP contribution in [-0.4, -0.2) is 90.9 Å². The number of nitrogens with one attached hydrogen (secondary N) is 1. The van der Waals surface area contributed by atoms with Crippen molar-refractivity contribution >= 4 is 36.4 Å². The van der Waals surface area contributed by atoms with E-state index in [1.807, 2.05) is 4.90 Å². The van der Waals surface area contributed by atoms with Crippen LogP contribution in [0.25, 0.3) is 0 Å². The van der Waals surface area contributed by atoms with Crippen LogP contribution in [0.5, 0.6) is 0 Å². The average Bonchev–Trinajstić information content (AvgIpc) is 3.13. The zero-order valence-electron chi connectivity index (χ0n) is 23.8. The molecule has 1 N–H and O–H groups in total. The van der Waals surface area contributed by atoms with Crippen LogP contribution < -0.4 is 15.8 Å². The second-order valence-corrected chi connectivity index (χ2v) is 11.8. The van der Waals surface area contributed by atoms with E-state index in [-0.39, 0.29) is 53.6 Å². The third-order valence-electron chi connectivity index (χ3n) is 8.26. The van der Waals surface area contributed by atoms with Crippen molar-refractivity contribution in [1.82, 2.24) is 19.7 Å². The van der Waals surface area contributed by atoms with Crippen molar-refractivity contribution in [2.45, 2.75) is 57.8 Å². The first-order chi connectivity index (χ1) is 18.1. The van der Waals surface area contributed by atoms with Crippen molar-refractivity contribution < 1.29 is 13.9 Å². The molecule has 8 nitrogen and oxygen atoms in total. The van der Waals surface area contributed by atoms with Crippen LogP contribution in [0.4, 0.5) is 10.1 Å². The fourth-order valence-electron chi connectivity index (χ4n) is 5.98. The molecule has 1 aromatic heterocycles. The topological polar surface area (TPSA) is 70.1 Å². The van der Waals surface area contributed by atoms with Crippen molar-refractivity contribution in [3.8, 4) is 0 Å². The number of anilines is 1. The molecule has 4 heterocycles. The number of hydrogen-bond acceptors (Lipinski definition) is 6. The third kappa shape index (κ3) is 7.06. The van der Waals surface area contributed by atoms with Gasteiger partial charge in [0.15, 0.2) is 0 Å². The molecule has 5 rings (SSSR count). The van der Waals surface area contributed by atoms with E-state index in [2.05, 4.69) is 42.8 Å². The fourth-order valence-corrected chi connectivity index (χ4v) is 5.98. The Morgan fingerprint density at radius 3 is 2.58 bits per heavy atom. The highest BCUT2D eigenvalue weighted by Crippen LogP contribution is 2.39. The maximum absolute atomic E-state index is 13.9. The number of fused-ring (bicyclic) bond motifs is 1. The summed E-state index contributed by atoms with van der Waals surface area (Å²) in [6, 6.07) is 8.74. The Kier molecular flexibility index (Phi) is 10.8. The van der Waals surface area contributed by atoms with E-state index >= 15 is 0 Å².